The highest BCUT2D eigenvalue weighted by Crippen LogP contribution is 2.27. The third kappa shape index (κ3) is 6.69. The van der Waals surface area contributed by atoms with Gasteiger partial charge in [-0.2, -0.15) is 0 Å². The molecule has 1 aliphatic rings. The number of hydrogen-bond acceptors (Lipinski definition) is 6. The molecule has 5 rings (SSSR count). The zero-order valence-electron chi connectivity index (χ0n) is 19.1. The third-order valence-corrected chi connectivity index (χ3v) is 4.93. The fourth-order valence-electron chi connectivity index (χ4n) is 3.66. The lowest BCUT2D eigenvalue weighted by Crippen LogP contribution is -2.24. The van der Waals surface area contributed by atoms with Gasteiger partial charge in [0.15, 0.2) is 0 Å². The highest BCUT2D eigenvalue weighted by atomic mass is 16.4. The van der Waals surface area contributed by atoms with Crippen molar-refractivity contribution in [1.82, 2.24) is 24.8 Å². The highest BCUT2D eigenvalue weighted by Gasteiger charge is 2.13. The van der Waals surface area contributed by atoms with Gasteiger partial charge >= 0.3 is 0 Å². The Morgan fingerprint density at radius 2 is 1.79 bits per heavy atom. The van der Waals surface area contributed by atoms with Crippen LogP contribution in [0.15, 0.2) is 61.2 Å². The molecule has 0 saturated carbocycles. The number of aromatic nitrogens is 4. The van der Waals surface area contributed by atoms with Gasteiger partial charge in [-0.1, -0.05) is 18.2 Å². The van der Waals surface area contributed by atoms with E-state index in [0.717, 1.165) is 62.2 Å². The summed E-state index contributed by atoms with van der Waals surface area (Å²) in [7, 11) is 0. The van der Waals surface area contributed by atoms with Crippen molar-refractivity contribution in [1.29, 1.82) is 0 Å². The first-order chi connectivity index (χ1) is 16.3. The molecule has 0 amide bonds. The van der Waals surface area contributed by atoms with Crippen molar-refractivity contribution in [3.05, 3.63) is 78.0 Å². The van der Waals surface area contributed by atoms with Crippen LogP contribution in [0.1, 0.15) is 30.7 Å². The summed E-state index contributed by atoms with van der Waals surface area (Å²) in [5, 5.41) is 19.4. The molecule has 1 aliphatic heterocycles. The van der Waals surface area contributed by atoms with Crippen LogP contribution in [0.4, 0.5) is 0 Å². The average molecular weight is 462 g/mol. The van der Waals surface area contributed by atoms with E-state index in [2.05, 4.69) is 43.0 Å². The first-order valence-corrected chi connectivity index (χ1v) is 10.8. The Labute approximate surface area is 197 Å². The van der Waals surface area contributed by atoms with Gasteiger partial charge in [0.1, 0.15) is 5.82 Å². The van der Waals surface area contributed by atoms with Crippen LogP contribution in [0.2, 0.25) is 0 Å². The van der Waals surface area contributed by atoms with Crippen molar-refractivity contribution in [2.75, 3.05) is 6.54 Å². The number of hydrogen-bond donors (Lipinski definition) is 3. The third-order valence-electron chi connectivity index (χ3n) is 4.93. The Kier molecular flexibility index (Phi) is 8.42. The Bertz CT molecular complexity index is 1260. The lowest BCUT2D eigenvalue weighted by atomic mass is 10.0. The molecular weight excluding hydrogens is 434 g/mol. The normalized spacial score (nSPS) is 11.9. The number of rotatable bonds is 3. The lowest BCUT2D eigenvalue weighted by Gasteiger charge is -2.17. The van der Waals surface area contributed by atoms with Crippen LogP contribution in [0.25, 0.3) is 22.3 Å². The number of nitrogens with one attached hydrogen (secondary N) is 1. The van der Waals surface area contributed by atoms with Crippen LogP contribution in [-0.4, -0.2) is 48.2 Å². The number of carbonyl (C=O) groups is 2. The molecule has 0 spiro atoms. The van der Waals surface area contributed by atoms with Gasteiger partial charge in [-0.3, -0.25) is 19.6 Å². The van der Waals surface area contributed by atoms with E-state index < -0.39 is 11.9 Å². The molecule has 176 valence electrons. The van der Waals surface area contributed by atoms with Gasteiger partial charge in [-0.15, -0.1) is 0 Å². The SMILES string of the molecule is CC(=O)O.CC(=O)O.c1cc(-c2nccn2Cc2cnc3c(c2)CNCC3)c2cccnc2c1. The molecule has 0 fully saturated rings. The second-order valence-electron chi connectivity index (χ2n) is 7.67. The minimum absolute atomic E-state index is 0.756. The fourth-order valence-corrected chi connectivity index (χ4v) is 3.66. The van der Waals surface area contributed by atoms with Gasteiger partial charge in [-0.25, -0.2) is 4.98 Å². The van der Waals surface area contributed by atoms with Crippen LogP contribution in [-0.2, 0) is 29.1 Å². The summed E-state index contributed by atoms with van der Waals surface area (Å²) >= 11 is 0. The molecule has 0 unspecified atom stereocenters. The summed E-state index contributed by atoms with van der Waals surface area (Å²) in [5.74, 6) is -0.709. The van der Waals surface area contributed by atoms with Crippen molar-refractivity contribution in [2.45, 2.75) is 33.4 Å². The summed E-state index contributed by atoms with van der Waals surface area (Å²) in [6.07, 6.45) is 8.72. The molecular formula is C25H27N5O4. The maximum absolute atomic E-state index is 9.00. The first kappa shape index (κ1) is 24.5. The molecule has 9 heteroatoms. The summed E-state index contributed by atoms with van der Waals surface area (Å²) in [5.41, 5.74) is 5.82. The van der Waals surface area contributed by atoms with Crippen LogP contribution in [0.3, 0.4) is 0 Å². The predicted molar refractivity (Wildman–Crippen MR) is 128 cm³/mol. The Hall–Kier alpha value is -4.11. The maximum Gasteiger partial charge on any atom is 0.300 e. The van der Waals surface area contributed by atoms with E-state index in [9.17, 15) is 0 Å². The highest BCUT2D eigenvalue weighted by molar-refractivity contribution is 5.92. The van der Waals surface area contributed by atoms with E-state index in [0.29, 0.717) is 0 Å². The number of nitrogens with zero attached hydrogens (tertiary/aromatic N) is 4. The molecule has 0 aliphatic carbocycles. The topological polar surface area (TPSA) is 130 Å². The van der Waals surface area contributed by atoms with Crippen LogP contribution in [0.5, 0.6) is 0 Å². The van der Waals surface area contributed by atoms with E-state index in [4.69, 9.17) is 19.8 Å². The van der Waals surface area contributed by atoms with E-state index in [1.54, 1.807) is 0 Å². The fraction of sp³-hybridized carbons (Fsp3) is 0.240. The molecule has 3 aromatic heterocycles. The molecule has 34 heavy (non-hydrogen) atoms. The second kappa shape index (κ2) is 11.7. The van der Waals surface area contributed by atoms with Crippen molar-refractivity contribution in [3.63, 3.8) is 0 Å². The van der Waals surface area contributed by atoms with Gasteiger partial charge in [0.25, 0.3) is 11.9 Å². The van der Waals surface area contributed by atoms with E-state index in [-0.39, 0.29) is 0 Å². The van der Waals surface area contributed by atoms with Gasteiger partial charge in [0.05, 0.1) is 12.1 Å². The number of aliphatic carboxylic acids is 2. The maximum atomic E-state index is 9.00. The van der Waals surface area contributed by atoms with Crippen LogP contribution < -0.4 is 5.32 Å². The van der Waals surface area contributed by atoms with Crippen molar-refractivity contribution in [2.24, 2.45) is 0 Å². The minimum Gasteiger partial charge on any atom is -0.481 e. The summed E-state index contributed by atoms with van der Waals surface area (Å²) < 4.78 is 2.18. The second-order valence-corrected chi connectivity index (χ2v) is 7.67. The quantitative estimate of drug-likeness (QED) is 0.423. The zero-order valence-corrected chi connectivity index (χ0v) is 19.1. The summed E-state index contributed by atoms with van der Waals surface area (Å²) in [4.78, 5) is 31.8. The van der Waals surface area contributed by atoms with E-state index in [1.165, 1.54) is 16.8 Å². The molecule has 1 aromatic carbocycles. The summed E-state index contributed by atoms with van der Waals surface area (Å²) in [6, 6.07) is 12.5. The number of pyridine rings is 2. The molecule has 0 radical (unpaired) electrons. The largest absolute Gasteiger partial charge is 0.481 e. The molecule has 3 N–H and O–H groups in total. The van der Waals surface area contributed by atoms with Crippen molar-refractivity contribution >= 4 is 22.8 Å². The smallest absolute Gasteiger partial charge is 0.300 e. The van der Waals surface area contributed by atoms with Gasteiger partial charge in [0.2, 0.25) is 0 Å². The van der Waals surface area contributed by atoms with E-state index >= 15 is 0 Å². The van der Waals surface area contributed by atoms with Crippen LogP contribution >= 0.6 is 0 Å². The van der Waals surface area contributed by atoms with Crippen molar-refractivity contribution in [3.8, 4) is 11.4 Å². The summed E-state index contributed by atoms with van der Waals surface area (Å²) in [6.45, 7) is 4.84. The van der Waals surface area contributed by atoms with Gasteiger partial charge < -0.3 is 20.1 Å². The number of carboxylic acid groups (broad SMARTS) is 2. The molecule has 0 atom stereocenters. The number of carboxylic acids is 2. The van der Waals surface area contributed by atoms with E-state index in [1.807, 2.05) is 43.0 Å². The standard InChI is InChI=1S/C21H19N5.2C2H4O2/c1-3-18(17-4-2-7-23-20(17)5-1)21-24-9-10-26(21)14-15-11-16-13-22-8-6-19(16)25-12-15;2*1-2(3)4/h1-5,7,9-12,22H,6,8,13-14H2;2*1H3,(H,3,4). The molecule has 4 aromatic rings. The van der Waals surface area contributed by atoms with Gasteiger partial charge in [0, 0.05) is 74.8 Å². The molecule has 0 bridgehead atoms. The number of benzene rings is 1. The monoisotopic (exact) mass is 461 g/mol. The average Bonchev–Trinajstić information content (AvgIpc) is 3.26. The Balaban J connectivity index is 0.000000355. The number of imidazole rings is 1. The molecule has 4 heterocycles. The molecule has 9 nitrogen and oxygen atoms in total. The first-order valence-electron chi connectivity index (χ1n) is 10.8. The zero-order chi connectivity index (χ0) is 24.5. The Morgan fingerprint density at radius 1 is 1.03 bits per heavy atom. The van der Waals surface area contributed by atoms with Gasteiger partial charge in [-0.05, 0) is 29.3 Å². The minimum atomic E-state index is -0.833. The predicted octanol–water partition coefficient (Wildman–Crippen LogP) is 3.37. The Morgan fingerprint density at radius 3 is 2.56 bits per heavy atom. The van der Waals surface area contributed by atoms with Crippen LogP contribution in [0, 0.1) is 0 Å². The van der Waals surface area contributed by atoms with Crippen molar-refractivity contribution < 1.29 is 19.8 Å². The molecule has 0 saturated heterocycles. The lowest BCUT2D eigenvalue weighted by molar-refractivity contribution is -0.135. The number of fused-ring (bicyclic) bond motifs is 2.